The summed E-state index contributed by atoms with van der Waals surface area (Å²) in [4.78, 5) is 26.3. The van der Waals surface area contributed by atoms with Crippen molar-refractivity contribution in [3.63, 3.8) is 0 Å². The first-order chi connectivity index (χ1) is 12.0. The van der Waals surface area contributed by atoms with Crippen molar-refractivity contribution < 1.29 is 9.59 Å². The minimum Gasteiger partial charge on any atom is -0.342 e. The van der Waals surface area contributed by atoms with E-state index < -0.39 is 0 Å². The van der Waals surface area contributed by atoms with Gasteiger partial charge in [0.1, 0.15) is 0 Å². The van der Waals surface area contributed by atoms with Gasteiger partial charge in [-0.05, 0) is 54.8 Å². The lowest BCUT2D eigenvalue weighted by Gasteiger charge is -2.16. The maximum atomic E-state index is 12.3. The lowest BCUT2D eigenvalue weighted by molar-refractivity contribution is 0.0792. The summed E-state index contributed by atoms with van der Waals surface area (Å²) in [6, 6.07) is 14.6. The lowest BCUT2D eigenvalue weighted by Crippen LogP contribution is -2.27. The Bertz CT molecular complexity index is 706. The van der Waals surface area contributed by atoms with Crippen LogP contribution in [0.4, 0.5) is 5.69 Å². The Hall–Kier alpha value is -2.62. The molecule has 0 aliphatic carbocycles. The van der Waals surface area contributed by atoms with E-state index in [2.05, 4.69) is 19.2 Å². The summed E-state index contributed by atoms with van der Waals surface area (Å²) in [7, 11) is 1.80. The van der Waals surface area contributed by atoms with Gasteiger partial charge < -0.3 is 10.2 Å². The molecule has 0 saturated carbocycles. The number of rotatable bonds is 7. The summed E-state index contributed by atoms with van der Waals surface area (Å²) in [6.07, 6.45) is 3.01. The summed E-state index contributed by atoms with van der Waals surface area (Å²) in [5, 5.41) is 2.87. The highest BCUT2D eigenvalue weighted by Gasteiger charge is 2.12. The number of anilines is 1. The van der Waals surface area contributed by atoms with Crippen LogP contribution in [-0.4, -0.2) is 30.3 Å². The van der Waals surface area contributed by atoms with Crippen molar-refractivity contribution in [2.75, 3.05) is 18.9 Å². The summed E-state index contributed by atoms with van der Waals surface area (Å²) >= 11 is 0. The standard InChI is InChI=1S/C21H26N2O2/c1-4-6-15-23(3)21(25)18-11-9-17(10-12-18)20(24)22-19-13-7-16(5-2)8-14-19/h7-14H,4-6,15H2,1-3H3,(H,22,24). The Labute approximate surface area is 149 Å². The first kappa shape index (κ1) is 18.7. The molecule has 25 heavy (non-hydrogen) atoms. The fourth-order valence-corrected chi connectivity index (χ4v) is 2.51. The zero-order valence-corrected chi connectivity index (χ0v) is 15.2. The number of aryl methyl sites for hydroxylation is 1. The molecule has 2 aromatic carbocycles. The van der Waals surface area contributed by atoms with Crippen LogP contribution in [0.25, 0.3) is 0 Å². The molecular weight excluding hydrogens is 312 g/mol. The normalized spacial score (nSPS) is 10.4. The van der Waals surface area contributed by atoms with Gasteiger partial charge in [-0.15, -0.1) is 0 Å². The van der Waals surface area contributed by atoms with E-state index in [1.807, 2.05) is 24.3 Å². The van der Waals surface area contributed by atoms with Gasteiger partial charge in [-0.2, -0.15) is 0 Å². The molecule has 2 amide bonds. The molecule has 0 unspecified atom stereocenters. The van der Waals surface area contributed by atoms with Gasteiger partial charge >= 0.3 is 0 Å². The number of hydrogen-bond donors (Lipinski definition) is 1. The Kier molecular flexibility index (Phi) is 6.75. The molecule has 0 saturated heterocycles. The molecule has 0 aromatic heterocycles. The van der Waals surface area contributed by atoms with Crippen LogP contribution in [0.1, 0.15) is 53.0 Å². The third kappa shape index (κ3) is 5.18. The third-order valence-corrected chi connectivity index (χ3v) is 4.21. The van der Waals surface area contributed by atoms with Gasteiger partial charge in [-0.25, -0.2) is 0 Å². The lowest BCUT2D eigenvalue weighted by atomic mass is 10.1. The highest BCUT2D eigenvalue weighted by Crippen LogP contribution is 2.13. The van der Waals surface area contributed by atoms with E-state index in [0.717, 1.165) is 31.5 Å². The molecule has 1 N–H and O–H groups in total. The van der Waals surface area contributed by atoms with E-state index in [1.54, 1.807) is 36.2 Å². The van der Waals surface area contributed by atoms with Crippen LogP contribution in [0.3, 0.4) is 0 Å². The summed E-state index contributed by atoms with van der Waals surface area (Å²) in [5.74, 6) is -0.196. The van der Waals surface area contributed by atoms with Gasteiger partial charge in [0.2, 0.25) is 0 Å². The van der Waals surface area contributed by atoms with Gasteiger partial charge in [0.15, 0.2) is 0 Å². The van der Waals surface area contributed by atoms with Gasteiger partial charge in [0.25, 0.3) is 11.8 Å². The third-order valence-electron chi connectivity index (χ3n) is 4.21. The molecule has 0 heterocycles. The average molecular weight is 338 g/mol. The molecule has 132 valence electrons. The number of carbonyl (C=O) groups is 2. The quantitative estimate of drug-likeness (QED) is 0.815. The van der Waals surface area contributed by atoms with E-state index in [0.29, 0.717) is 11.1 Å². The number of unbranched alkanes of at least 4 members (excludes halogenated alkanes) is 1. The summed E-state index contributed by atoms with van der Waals surface area (Å²) in [5.41, 5.74) is 3.13. The Balaban J connectivity index is 2.00. The Morgan fingerprint density at radius 2 is 1.52 bits per heavy atom. The molecule has 4 heteroatoms. The van der Waals surface area contributed by atoms with E-state index in [9.17, 15) is 9.59 Å². The SMILES string of the molecule is CCCCN(C)C(=O)c1ccc(C(=O)Nc2ccc(CC)cc2)cc1. The molecule has 0 atom stereocenters. The number of benzene rings is 2. The maximum Gasteiger partial charge on any atom is 0.255 e. The number of amides is 2. The van der Waals surface area contributed by atoms with Crippen molar-refractivity contribution in [3.05, 3.63) is 65.2 Å². The number of nitrogens with one attached hydrogen (secondary N) is 1. The zero-order chi connectivity index (χ0) is 18.2. The fourth-order valence-electron chi connectivity index (χ4n) is 2.51. The first-order valence-corrected chi connectivity index (χ1v) is 8.81. The molecule has 2 aromatic rings. The Morgan fingerprint density at radius 1 is 0.920 bits per heavy atom. The van der Waals surface area contributed by atoms with Crippen molar-refractivity contribution in [1.82, 2.24) is 4.90 Å². The summed E-state index contributed by atoms with van der Waals surface area (Å²) < 4.78 is 0. The van der Waals surface area contributed by atoms with Crippen LogP contribution in [0.5, 0.6) is 0 Å². The molecular formula is C21H26N2O2. The van der Waals surface area contributed by atoms with Crippen molar-refractivity contribution >= 4 is 17.5 Å². The van der Waals surface area contributed by atoms with Crippen LogP contribution in [-0.2, 0) is 6.42 Å². The molecule has 0 fully saturated rings. The van der Waals surface area contributed by atoms with Gasteiger partial charge in [-0.1, -0.05) is 32.4 Å². The topological polar surface area (TPSA) is 49.4 Å². The van der Waals surface area contributed by atoms with Crippen molar-refractivity contribution in [3.8, 4) is 0 Å². The minimum atomic E-state index is -0.178. The first-order valence-electron chi connectivity index (χ1n) is 8.81. The second-order valence-corrected chi connectivity index (χ2v) is 6.16. The predicted octanol–water partition coefficient (Wildman–Crippen LogP) is 4.37. The highest BCUT2D eigenvalue weighted by molar-refractivity contribution is 6.05. The molecule has 4 nitrogen and oxygen atoms in total. The molecule has 0 spiro atoms. The second kappa shape index (κ2) is 9.02. The zero-order valence-electron chi connectivity index (χ0n) is 15.2. The van der Waals surface area contributed by atoms with E-state index in [-0.39, 0.29) is 11.8 Å². The fraction of sp³-hybridized carbons (Fsp3) is 0.333. The van der Waals surface area contributed by atoms with E-state index >= 15 is 0 Å². The van der Waals surface area contributed by atoms with Crippen LogP contribution in [0, 0.1) is 0 Å². The van der Waals surface area contributed by atoms with Gasteiger partial charge in [-0.3, -0.25) is 9.59 Å². The van der Waals surface area contributed by atoms with E-state index in [4.69, 9.17) is 0 Å². The molecule has 2 rings (SSSR count). The monoisotopic (exact) mass is 338 g/mol. The minimum absolute atomic E-state index is 0.0180. The maximum absolute atomic E-state index is 12.3. The van der Waals surface area contributed by atoms with Crippen LogP contribution in [0.15, 0.2) is 48.5 Å². The molecule has 0 aliphatic heterocycles. The number of carbonyl (C=O) groups excluding carboxylic acids is 2. The van der Waals surface area contributed by atoms with E-state index in [1.165, 1.54) is 5.56 Å². The van der Waals surface area contributed by atoms with Gasteiger partial charge in [0.05, 0.1) is 0 Å². The Morgan fingerprint density at radius 3 is 2.08 bits per heavy atom. The van der Waals surface area contributed by atoms with Crippen LogP contribution in [0.2, 0.25) is 0 Å². The van der Waals surface area contributed by atoms with Crippen molar-refractivity contribution in [1.29, 1.82) is 0 Å². The van der Waals surface area contributed by atoms with Crippen molar-refractivity contribution in [2.45, 2.75) is 33.1 Å². The molecule has 0 aliphatic rings. The second-order valence-electron chi connectivity index (χ2n) is 6.16. The predicted molar refractivity (Wildman–Crippen MR) is 102 cm³/mol. The molecule has 0 radical (unpaired) electrons. The number of hydrogen-bond acceptors (Lipinski definition) is 2. The highest BCUT2D eigenvalue weighted by atomic mass is 16.2. The largest absolute Gasteiger partial charge is 0.342 e. The number of nitrogens with zero attached hydrogens (tertiary/aromatic N) is 1. The van der Waals surface area contributed by atoms with Crippen LogP contribution >= 0.6 is 0 Å². The smallest absolute Gasteiger partial charge is 0.255 e. The van der Waals surface area contributed by atoms with Crippen LogP contribution < -0.4 is 5.32 Å². The molecule has 0 bridgehead atoms. The summed E-state index contributed by atoms with van der Waals surface area (Å²) in [6.45, 7) is 4.93. The van der Waals surface area contributed by atoms with Gasteiger partial charge in [0, 0.05) is 30.4 Å². The average Bonchev–Trinajstić information content (AvgIpc) is 2.66. The van der Waals surface area contributed by atoms with Crippen molar-refractivity contribution in [2.24, 2.45) is 0 Å².